The third-order valence-corrected chi connectivity index (χ3v) is 2.81. The van der Waals surface area contributed by atoms with Gasteiger partial charge in [-0.05, 0) is 44.7 Å². The zero-order valence-electron chi connectivity index (χ0n) is 8.98. The minimum absolute atomic E-state index is 0.736. The number of aliphatic imine (C=N–C) groups is 1. The van der Waals surface area contributed by atoms with Crippen LogP contribution in [0.5, 0.6) is 0 Å². The molecule has 1 saturated heterocycles. The second kappa shape index (κ2) is 6.57. The third-order valence-electron chi connectivity index (χ3n) is 2.81. The molecule has 0 atom stereocenters. The van der Waals surface area contributed by atoms with E-state index in [0.717, 1.165) is 44.8 Å². The molecule has 0 bridgehead atoms. The molecule has 0 aliphatic carbocycles. The van der Waals surface area contributed by atoms with Crippen molar-refractivity contribution in [2.24, 2.45) is 10.9 Å². The van der Waals surface area contributed by atoms with Crippen molar-refractivity contribution in [1.82, 2.24) is 4.90 Å². The molecule has 1 heterocycles. The summed E-state index contributed by atoms with van der Waals surface area (Å²) in [6, 6.07) is 0. The molecule has 0 radical (unpaired) electrons. The lowest BCUT2D eigenvalue weighted by atomic mass is 9.96. The molecule has 0 aromatic heterocycles. The Bertz CT molecular complexity index is 182. The molecular weight excluding hydrogens is 176 g/mol. The van der Waals surface area contributed by atoms with Gasteiger partial charge in [0.1, 0.15) is 0 Å². The molecule has 1 aliphatic rings. The van der Waals surface area contributed by atoms with Crippen molar-refractivity contribution in [3.63, 3.8) is 0 Å². The zero-order chi connectivity index (χ0) is 10.2. The van der Waals surface area contributed by atoms with E-state index in [9.17, 15) is 4.79 Å². The number of rotatable bonds is 3. The molecule has 3 heteroatoms. The van der Waals surface area contributed by atoms with Crippen molar-refractivity contribution in [1.29, 1.82) is 0 Å². The summed E-state index contributed by atoms with van der Waals surface area (Å²) in [6.45, 7) is 4.79. The van der Waals surface area contributed by atoms with Crippen molar-refractivity contribution in [2.75, 3.05) is 19.6 Å². The van der Waals surface area contributed by atoms with Gasteiger partial charge in [-0.3, -0.25) is 9.79 Å². The van der Waals surface area contributed by atoms with E-state index >= 15 is 0 Å². The number of hydrogen-bond acceptors (Lipinski definition) is 2. The van der Waals surface area contributed by atoms with Crippen molar-refractivity contribution in [3.8, 4) is 0 Å². The summed E-state index contributed by atoms with van der Waals surface area (Å²) < 4.78 is 0. The van der Waals surface area contributed by atoms with Gasteiger partial charge >= 0.3 is 0 Å². The highest BCUT2D eigenvalue weighted by Gasteiger charge is 2.13. The molecular formula is C11H20N2O. The molecule has 0 saturated carbocycles. The van der Waals surface area contributed by atoms with Gasteiger partial charge in [0.05, 0.1) is 0 Å². The standard InChI is InChI=1S/C11H20N2O/c1-2-12-9-11-5-3-7-13(10-14)8-4-6-11/h2,10-11H,3-9H2,1H3/b12-2+. The summed E-state index contributed by atoms with van der Waals surface area (Å²) in [7, 11) is 0. The predicted molar refractivity (Wildman–Crippen MR) is 58.6 cm³/mol. The van der Waals surface area contributed by atoms with Crippen LogP contribution in [-0.4, -0.2) is 37.2 Å². The Morgan fingerprint density at radius 3 is 2.50 bits per heavy atom. The van der Waals surface area contributed by atoms with E-state index in [4.69, 9.17) is 0 Å². The highest BCUT2D eigenvalue weighted by Crippen LogP contribution is 2.17. The van der Waals surface area contributed by atoms with Crippen molar-refractivity contribution >= 4 is 12.6 Å². The van der Waals surface area contributed by atoms with Gasteiger partial charge in [-0.1, -0.05) is 0 Å². The summed E-state index contributed by atoms with van der Waals surface area (Å²) in [4.78, 5) is 16.8. The van der Waals surface area contributed by atoms with E-state index in [1.54, 1.807) is 0 Å². The first-order valence-corrected chi connectivity index (χ1v) is 5.50. The normalized spacial score (nSPS) is 20.8. The van der Waals surface area contributed by atoms with Crippen LogP contribution in [0.2, 0.25) is 0 Å². The first kappa shape index (κ1) is 11.2. The van der Waals surface area contributed by atoms with E-state index in [1.165, 1.54) is 12.8 Å². The topological polar surface area (TPSA) is 32.7 Å². The number of amides is 1. The van der Waals surface area contributed by atoms with Crippen molar-refractivity contribution in [2.45, 2.75) is 32.6 Å². The van der Waals surface area contributed by atoms with Crippen LogP contribution in [0.15, 0.2) is 4.99 Å². The van der Waals surface area contributed by atoms with Gasteiger partial charge in [-0.15, -0.1) is 0 Å². The summed E-state index contributed by atoms with van der Waals surface area (Å²) in [5.74, 6) is 0.736. The molecule has 0 unspecified atom stereocenters. The summed E-state index contributed by atoms with van der Waals surface area (Å²) in [5.41, 5.74) is 0. The Hall–Kier alpha value is -0.860. The first-order valence-electron chi connectivity index (χ1n) is 5.50. The zero-order valence-corrected chi connectivity index (χ0v) is 8.98. The number of carbonyl (C=O) groups is 1. The Morgan fingerprint density at radius 1 is 1.36 bits per heavy atom. The Balaban J connectivity index is 2.28. The van der Waals surface area contributed by atoms with Crippen LogP contribution >= 0.6 is 0 Å². The number of hydrogen-bond donors (Lipinski definition) is 0. The van der Waals surface area contributed by atoms with E-state index in [-0.39, 0.29) is 0 Å². The molecule has 1 aliphatic heterocycles. The first-order chi connectivity index (χ1) is 6.86. The SMILES string of the molecule is C/C=N/CC1CCCN(C=O)CCC1. The van der Waals surface area contributed by atoms with Gasteiger partial charge in [-0.25, -0.2) is 0 Å². The molecule has 3 nitrogen and oxygen atoms in total. The van der Waals surface area contributed by atoms with Crippen LogP contribution in [0.3, 0.4) is 0 Å². The highest BCUT2D eigenvalue weighted by atomic mass is 16.1. The summed E-state index contributed by atoms with van der Waals surface area (Å²) in [5, 5.41) is 0. The molecule has 80 valence electrons. The highest BCUT2D eigenvalue weighted by molar-refractivity contribution is 5.53. The number of likely N-dealkylation sites (tertiary alicyclic amines) is 1. The molecule has 0 aromatic rings. The smallest absolute Gasteiger partial charge is 0.209 e. The maximum absolute atomic E-state index is 10.6. The summed E-state index contributed by atoms with van der Waals surface area (Å²) >= 11 is 0. The largest absolute Gasteiger partial charge is 0.345 e. The van der Waals surface area contributed by atoms with E-state index in [0.29, 0.717) is 0 Å². The lowest BCUT2D eigenvalue weighted by molar-refractivity contribution is -0.118. The van der Waals surface area contributed by atoms with E-state index < -0.39 is 0 Å². The lowest BCUT2D eigenvalue weighted by Crippen LogP contribution is -2.27. The van der Waals surface area contributed by atoms with E-state index in [1.807, 2.05) is 18.0 Å². The molecule has 1 fully saturated rings. The Morgan fingerprint density at radius 2 is 2.00 bits per heavy atom. The van der Waals surface area contributed by atoms with Crippen LogP contribution in [0.1, 0.15) is 32.6 Å². The Kier molecular flexibility index (Phi) is 5.27. The fourth-order valence-electron chi connectivity index (χ4n) is 1.96. The summed E-state index contributed by atoms with van der Waals surface area (Å²) in [6.07, 6.45) is 7.54. The minimum Gasteiger partial charge on any atom is -0.345 e. The predicted octanol–water partition coefficient (Wildman–Crippen LogP) is 1.73. The number of nitrogens with zero attached hydrogens (tertiary/aromatic N) is 2. The fraction of sp³-hybridized carbons (Fsp3) is 0.818. The van der Waals surface area contributed by atoms with Crippen LogP contribution in [0.25, 0.3) is 0 Å². The minimum atomic E-state index is 0.736. The Labute approximate surface area is 86.2 Å². The maximum Gasteiger partial charge on any atom is 0.209 e. The van der Waals surface area contributed by atoms with Crippen molar-refractivity contribution < 1.29 is 4.79 Å². The average Bonchev–Trinajstić information content (AvgIpc) is 2.16. The molecule has 1 amide bonds. The molecule has 0 spiro atoms. The van der Waals surface area contributed by atoms with Gasteiger partial charge in [0, 0.05) is 19.6 Å². The number of carbonyl (C=O) groups excluding carboxylic acids is 1. The van der Waals surface area contributed by atoms with Crippen LogP contribution < -0.4 is 0 Å². The van der Waals surface area contributed by atoms with E-state index in [2.05, 4.69) is 4.99 Å². The second-order valence-corrected chi connectivity index (χ2v) is 3.92. The van der Waals surface area contributed by atoms with Gasteiger partial charge in [0.15, 0.2) is 0 Å². The molecule has 14 heavy (non-hydrogen) atoms. The molecule has 0 aromatic carbocycles. The van der Waals surface area contributed by atoms with Gasteiger partial charge in [0.2, 0.25) is 6.41 Å². The van der Waals surface area contributed by atoms with Crippen LogP contribution in [0.4, 0.5) is 0 Å². The van der Waals surface area contributed by atoms with Crippen LogP contribution in [0, 0.1) is 5.92 Å². The average molecular weight is 196 g/mol. The van der Waals surface area contributed by atoms with Crippen LogP contribution in [-0.2, 0) is 4.79 Å². The molecule has 0 N–H and O–H groups in total. The van der Waals surface area contributed by atoms with Crippen molar-refractivity contribution in [3.05, 3.63) is 0 Å². The molecule has 1 rings (SSSR count). The van der Waals surface area contributed by atoms with Gasteiger partial charge in [-0.2, -0.15) is 0 Å². The van der Waals surface area contributed by atoms with Gasteiger partial charge in [0.25, 0.3) is 0 Å². The van der Waals surface area contributed by atoms with Gasteiger partial charge < -0.3 is 4.90 Å². The monoisotopic (exact) mass is 196 g/mol. The third kappa shape index (κ3) is 3.90. The second-order valence-electron chi connectivity index (χ2n) is 3.92. The fourth-order valence-corrected chi connectivity index (χ4v) is 1.96. The quantitative estimate of drug-likeness (QED) is 0.500. The maximum atomic E-state index is 10.6. The lowest BCUT2D eigenvalue weighted by Gasteiger charge is -2.24.